The van der Waals surface area contributed by atoms with E-state index in [1.807, 2.05) is 32.0 Å². The third kappa shape index (κ3) is 4.41. The Morgan fingerprint density at radius 3 is 2.59 bits per heavy atom. The Morgan fingerprint density at radius 2 is 1.91 bits per heavy atom. The third-order valence-corrected chi connectivity index (χ3v) is 5.76. The lowest BCUT2D eigenvalue weighted by molar-refractivity contribution is -0.119. The van der Waals surface area contributed by atoms with E-state index in [0.717, 1.165) is 16.9 Å². The van der Waals surface area contributed by atoms with Gasteiger partial charge in [-0.05, 0) is 43.7 Å². The summed E-state index contributed by atoms with van der Waals surface area (Å²) in [4.78, 5) is 32.6. The first-order chi connectivity index (χ1) is 16.2. The van der Waals surface area contributed by atoms with Crippen LogP contribution in [0.5, 0.6) is 11.5 Å². The van der Waals surface area contributed by atoms with Crippen LogP contribution in [0, 0.1) is 5.82 Å². The number of fused-ring (bicyclic) bond motifs is 1. The van der Waals surface area contributed by atoms with Gasteiger partial charge in [0.25, 0.3) is 0 Å². The lowest BCUT2D eigenvalue weighted by atomic mass is 9.86. The van der Waals surface area contributed by atoms with Gasteiger partial charge in [-0.3, -0.25) is 9.59 Å². The molecule has 3 aromatic rings. The van der Waals surface area contributed by atoms with Crippen LogP contribution in [0.4, 0.5) is 21.7 Å². The van der Waals surface area contributed by atoms with Crippen molar-refractivity contribution in [1.29, 1.82) is 0 Å². The fraction of sp³-hybridized carbons (Fsp3) is 0.280. The summed E-state index contributed by atoms with van der Waals surface area (Å²) in [6.45, 7) is 5.37. The van der Waals surface area contributed by atoms with E-state index >= 15 is 0 Å². The molecule has 1 aliphatic rings. The predicted molar refractivity (Wildman–Crippen MR) is 125 cm³/mol. The minimum Gasteiger partial charge on any atom is -0.494 e. The topological polar surface area (TPSA) is 102 Å². The number of aromatic nitrogens is 2. The largest absolute Gasteiger partial charge is 0.494 e. The van der Waals surface area contributed by atoms with E-state index in [4.69, 9.17) is 9.47 Å². The van der Waals surface area contributed by atoms with Crippen molar-refractivity contribution in [3.8, 4) is 11.5 Å². The second-order valence-electron chi connectivity index (χ2n) is 8.42. The average molecular weight is 464 g/mol. The Balaban J connectivity index is 1.44. The monoisotopic (exact) mass is 464 g/mol. The SMILES string of the molecule is CCC(=O)c1cc(COc2cnc(Nc3ccc4c(c3)NC(=O)C4(C)C)nc2)c(F)c(OC)c1. The number of ether oxygens (including phenoxy) is 2. The van der Waals surface area contributed by atoms with Crippen molar-refractivity contribution in [2.45, 2.75) is 39.2 Å². The molecule has 176 valence electrons. The Hall–Kier alpha value is -4.01. The number of halogens is 1. The average Bonchev–Trinajstić information content (AvgIpc) is 3.06. The zero-order valence-electron chi connectivity index (χ0n) is 19.4. The molecule has 34 heavy (non-hydrogen) atoms. The number of methoxy groups -OCH3 is 1. The number of anilines is 3. The molecule has 9 heteroatoms. The molecule has 0 fully saturated rings. The molecule has 2 heterocycles. The van der Waals surface area contributed by atoms with Crippen LogP contribution in [0.2, 0.25) is 0 Å². The highest BCUT2D eigenvalue weighted by Crippen LogP contribution is 2.38. The normalized spacial score (nSPS) is 13.7. The maximum atomic E-state index is 14.6. The van der Waals surface area contributed by atoms with Gasteiger partial charge in [0.05, 0.1) is 24.9 Å². The molecule has 0 saturated carbocycles. The van der Waals surface area contributed by atoms with Gasteiger partial charge < -0.3 is 20.1 Å². The third-order valence-electron chi connectivity index (χ3n) is 5.76. The van der Waals surface area contributed by atoms with Gasteiger partial charge in [-0.25, -0.2) is 14.4 Å². The van der Waals surface area contributed by atoms with Gasteiger partial charge in [-0.1, -0.05) is 13.0 Å². The number of ketones is 1. The van der Waals surface area contributed by atoms with E-state index in [1.54, 1.807) is 6.92 Å². The van der Waals surface area contributed by atoms with Crippen LogP contribution in [-0.2, 0) is 16.8 Å². The van der Waals surface area contributed by atoms with Crippen LogP contribution >= 0.6 is 0 Å². The number of carbonyl (C=O) groups excluding carboxylic acids is 2. The lowest BCUT2D eigenvalue weighted by Crippen LogP contribution is -2.26. The zero-order valence-corrected chi connectivity index (χ0v) is 19.4. The summed E-state index contributed by atoms with van der Waals surface area (Å²) in [6, 6.07) is 8.44. The summed E-state index contributed by atoms with van der Waals surface area (Å²) in [5, 5.41) is 5.97. The summed E-state index contributed by atoms with van der Waals surface area (Å²) in [6.07, 6.45) is 3.22. The van der Waals surface area contributed by atoms with E-state index in [9.17, 15) is 14.0 Å². The summed E-state index contributed by atoms with van der Waals surface area (Å²) in [5.74, 6) is -0.0914. The van der Waals surface area contributed by atoms with Crippen LogP contribution in [0.3, 0.4) is 0 Å². The molecular weight excluding hydrogens is 439 g/mol. The zero-order chi connectivity index (χ0) is 24.5. The van der Waals surface area contributed by atoms with E-state index < -0.39 is 11.2 Å². The quantitative estimate of drug-likeness (QED) is 0.463. The minimum atomic E-state index is -0.582. The first-order valence-corrected chi connectivity index (χ1v) is 10.8. The first-order valence-electron chi connectivity index (χ1n) is 10.8. The molecule has 2 aromatic carbocycles. The number of rotatable bonds is 8. The lowest BCUT2D eigenvalue weighted by Gasteiger charge is -2.15. The van der Waals surface area contributed by atoms with Crippen LogP contribution in [0.1, 0.15) is 48.7 Å². The standard InChI is InChI=1S/C25H25FN4O4/c1-5-20(31)14-8-15(22(26)21(9-14)33-4)13-34-17-11-27-24(28-12-17)29-16-6-7-18-19(10-16)30-23(32)25(18,2)3/h6-12H,5,13H2,1-4H3,(H,30,32)(H,27,28,29). The number of hydrogen-bond donors (Lipinski definition) is 2. The molecule has 4 rings (SSSR count). The molecule has 0 saturated heterocycles. The van der Waals surface area contributed by atoms with Crippen molar-refractivity contribution in [1.82, 2.24) is 9.97 Å². The number of nitrogens with zero attached hydrogens (tertiary/aromatic N) is 2. The Morgan fingerprint density at radius 1 is 1.18 bits per heavy atom. The first kappa shape index (κ1) is 23.2. The van der Waals surface area contributed by atoms with Gasteiger partial charge in [-0.2, -0.15) is 0 Å². The Labute approximate surface area is 196 Å². The second-order valence-corrected chi connectivity index (χ2v) is 8.42. The smallest absolute Gasteiger partial charge is 0.234 e. The van der Waals surface area contributed by atoms with E-state index in [0.29, 0.717) is 23.7 Å². The number of hydrogen-bond acceptors (Lipinski definition) is 7. The highest BCUT2D eigenvalue weighted by Gasteiger charge is 2.38. The number of nitrogens with one attached hydrogen (secondary N) is 2. The fourth-order valence-electron chi connectivity index (χ4n) is 3.69. The van der Waals surface area contributed by atoms with Crippen molar-refractivity contribution in [3.63, 3.8) is 0 Å². The Kier molecular flexibility index (Phi) is 6.19. The molecule has 0 atom stereocenters. The number of Topliss-reactive ketones (excluding diaryl/α,β-unsaturated/α-hetero) is 1. The molecule has 1 aliphatic heterocycles. The maximum absolute atomic E-state index is 14.6. The highest BCUT2D eigenvalue weighted by atomic mass is 19.1. The number of amides is 1. The van der Waals surface area contributed by atoms with Gasteiger partial charge in [0.15, 0.2) is 23.1 Å². The Bertz CT molecular complexity index is 1260. The summed E-state index contributed by atoms with van der Waals surface area (Å²) >= 11 is 0. The number of carbonyl (C=O) groups is 2. The van der Waals surface area contributed by atoms with Crippen LogP contribution in [-0.4, -0.2) is 28.8 Å². The maximum Gasteiger partial charge on any atom is 0.234 e. The van der Waals surface area contributed by atoms with Crippen molar-refractivity contribution in [2.75, 3.05) is 17.7 Å². The molecule has 0 spiro atoms. The fourth-order valence-corrected chi connectivity index (χ4v) is 3.69. The van der Waals surface area contributed by atoms with E-state index in [-0.39, 0.29) is 29.6 Å². The van der Waals surface area contributed by atoms with Gasteiger partial charge in [0.2, 0.25) is 11.9 Å². The van der Waals surface area contributed by atoms with Gasteiger partial charge in [0.1, 0.15) is 6.61 Å². The second kappa shape index (κ2) is 9.09. The van der Waals surface area contributed by atoms with E-state index in [2.05, 4.69) is 20.6 Å². The van der Waals surface area contributed by atoms with Gasteiger partial charge in [0, 0.05) is 28.9 Å². The summed E-state index contributed by atoms with van der Waals surface area (Å²) < 4.78 is 25.3. The molecule has 1 aromatic heterocycles. The molecule has 0 radical (unpaired) electrons. The van der Waals surface area contributed by atoms with Gasteiger partial charge >= 0.3 is 0 Å². The number of benzene rings is 2. The minimum absolute atomic E-state index is 0.0115. The molecule has 0 bridgehead atoms. The molecule has 0 aliphatic carbocycles. The van der Waals surface area contributed by atoms with Crippen molar-refractivity contribution < 1.29 is 23.5 Å². The van der Waals surface area contributed by atoms with Gasteiger partial charge in [-0.15, -0.1) is 0 Å². The molecule has 8 nitrogen and oxygen atoms in total. The van der Waals surface area contributed by atoms with Crippen LogP contribution in [0.25, 0.3) is 0 Å². The van der Waals surface area contributed by atoms with Crippen molar-refractivity contribution >= 4 is 29.0 Å². The van der Waals surface area contributed by atoms with E-state index in [1.165, 1.54) is 31.6 Å². The highest BCUT2D eigenvalue weighted by molar-refractivity contribution is 6.06. The molecule has 0 unspecified atom stereocenters. The summed E-state index contributed by atoms with van der Waals surface area (Å²) in [5.41, 5.74) is 2.39. The summed E-state index contributed by atoms with van der Waals surface area (Å²) in [7, 11) is 1.35. The predicted octanol–water partition coefficient (Wildman–Crippen LogP) is 4.77. The van der Waals surface area contributed by atoms with Crippen molar-refractivity contribution in [3.05, 3.63) is 65.2 Å². The van der Waals surface area contributed by atoms with Crippen LogP contribution < -0.4 is 20.1 Å². The van der Waals surface area contributed by atoms with Crippen molar-refractivity contribution in [2.24, 2.45) is 0 Å². The van der Waals surface area contributed by atoms with Crippen LogP contribution in [0.15, 0.2) is 42.7 Å². The molecular formula is C25H25FN4O4. The molecule has 2 N–H and O–H groups in total. The molecule has 1 amide bonds.